The summed E-state index contributed by atoms with van der Waals surface area (Å²) in [6, 6.07) is 9.94. The molecule has 1 aromatic heterocycles. The number of carbonyl (C=O) groups is 1. The number of rotatable bonds is 3. The first kappa shape index (κ1) is 13.3. The first-order chi connectivity index (χ1) is 9.65. The van der Waals surface area contributed by atoms with Gasteiger partial charge in [-0.25, -0.2) is 4.98 Å². The summed E-state index contributed by atoms with van der Waals surface area (Å²) in [5.74, 6) is -0.0725. The summed E-state index contributed by atoms with van der Waals surface area (Å²) >= 11 is 0. The molecular weight excluding hydrogens is 254 g/mol. The summed E-state index contributed by atoms with van der Waals surface area (Å²) in [5, 5.41) is 20.3. The van der Waals surface area contributed by atoms with E-state index in [1.54, 1.807) is 37.4 Å². The van der Waals surface area contributed by atoms with Crippen LogP contribution >= 0.6 is 0 Å². The minimum Gasteiger partial charge on any atom is -0.324 e. The van der Waals surface area contributed by atoms with Gasteiger partial charge in [0.05, 0.1) is 11.6 Å². The molecule has 1 aromatic carbocycles. The van der Waals surface area contributed by atoms with Crippen molar-refractivity contribution in [3.63, 3.8) is 0 Å². The van der Waals surface area contributed by atoms with Crippen LogP contribution in [0.1, 0.15) is 24.4 Å². The number of nitrogens with one attached hydrogen (secondary N) is 1. The van der Waals surface area contributed by atoms with E-state index in [-0.39, 0.29) is 11.7 Å². The van der Waals surface area contributed by atoms with Crippen molar-refractivity contribution in [2.24, 2.45) is 0 Å². The highest BCUT2D eigenvalue weighted by Crippen LogP contribution is 2.14. The van der Waals surface area contributed by atoms with Crippen LogP contribution < -0.4 is 5.32 Å². The van der Waals surface area contributed by atoms with Crippen LogP contribution in [0.25, 0.3) is 0 Å². The number of imidazole rings is 1. The molecule has 20 heavy (non-hydrogen) atoms. The van der Waals surface area contributed by atoms with Gasteiger partial charge in [0, 0.05) is 18.1 Å². The maximum Gasteiger partial charge on any atom is 0.247 e. The van der Waals surface area contributed by atoms with Gasteiger partial charge < -0.3 is 9.88 Å². The summed E-state index contributed by atoms with van der Waals surface area (Å²) in [7, 11) is 0. The van der Waals surface area contributed by atoms with E-state index < -0.39 is 6.04 Å². The molecule has 1 heterocycles. The monoisotopic (exact) mass is 265 g/mol. The van der Waals surface area contributed by atoms with Gasteiger partial charge in [0.2, 0.25) is 11.7 Å². The molecule has 2 aromatic rings. The average Bonchev–Trinajstić information content (AvgIpc) is 2.95. The van der Waals surface area contributed by atoms with Gasteiger partial charge in [-0.2, -0.15) is 10.5 Å². The minimum atomic E-state index is -0.553. The predicted molar refractivity (Wildman–Crippen MR) is 71.4 cm³/mol. The first-order valence-electron chi connectivity index (χ1n) is 5.89. The Bertz CT molecular complexity index is 702. The topological polar surface area (TPSA) is 94.5 Å². The standard InChI is InChI=1S/C14H11N5O/c1-10(19-7-6-17-13(19)9-16)14(20)18-12-4-2-11(8-15)3-5-12/h2-7,10H,1H3,(H,18,20). The molecule has 0 bridgehead atoms. The van der Waals surface area contributed by atoms with Gasteiger partial charge in [-0.3, -0.25) is 4.79 Å². The molecule has 0 aliphatic heterocycles. The fourth-order valence-electron chi connectivity index (χ4n) is 1.71. The van der Waals surface area contributed by atoms with Crippen LogP contribution in [0, 0.1) is 22.7 Å². The molecule has 0 radical (unpaired) electrons. The van der Waals surface area contributed by atoms with Gasteiger partial charge in [0.15, 0.2) is 0 Å². The Morgan fingerprint density at radius 3 is 2.60 bits per heavy atom. The van der Waals surface area contributed by atoms with E-state index in [1.165, 1.54) is 10.8 Å². The molecule has 0 spiro atoms. The SMILES string of the molecule is CC(C(=O)Nc1ccc(C#N)cc1)n1ccnc1C#N. The van der Waals surface area contributed by atoms with E-state index in [4.69, 9.17) is 10.5 Å². The zero-order chi connectivity index (χ0) is 14.5. The summed E-state index contributed by atoms with van der Waals surface area (Å²) in [5.41, 5.74) is 1.12. The molecule has 0 saturated carbocycles. The van der Waals surface area contributed by atoms with E-state index in [0.29, 0.717) is 11.3 Å². The quantitative estimate of drug-likeness (QED) is 0.915. The lowest BCUT2D eigenvalue weighted by molar-refractivity contribution is -0.118. The van der Waals surface area contributed by atoms with Gasteiger partial charge in [-0.1, -0.05) is 0 Å². The van der Waals surface area contributed by atoms with Crippen LogP contribution in [0.15, 0.2) is 36.7 Å². The molecule has 0 aliphatic rings. The molecule has 1 unspecified atom stereocenters. The zero-order valence-corrected chi connectivity index (χ0v) is 10.7. The highest BCUT2D eigenvalue weighted by atomic mass is 16.2. The number of nitriles is 2. The van der Waals surface area contributed by atoms with Crippen LogP contribution in [0.4, 0.5) is 5.69 Å². The van der Waals surface area contributed by atoms with Crippen LogP contribution in [-0.2, 0) is 4.79 Å². The smallest absolute Gasteiger partial charge is 0.247 e. The van der Waals surface area contributed by atoms with Crippen molar-refractivity contribution < 1.29 is 4.79 Å². The number of hydrogen-bond donors (Lipinski definition) is 1. The van der Waals surface area contributed by atoms with Crippen LogP contribution in [-0.4, -0.2) is 15.5 Å². The number of hydrogen-bond acceptors (Lipinski definition) is 4. The number of anilines is 1. The van der Waals surface area contributed by atoms with E-state index in [9.17, 15) is 4.79 Å². The van der Waals surface area contributed by atoms with Crippen molar-refractivity contribution in [1.29, 1.82) is 10.5 Å². The van der Waals surface area contributed by atoms with Crippen LogP contribution in [0.3, 0.4) is 0 Å². The van der Waals surface area contributed by atoms with Crippen LogP contribution in [0.5, 0.6) is 0 Å². The second-order valence-corrected chi connectivity index (χ2v) is 4.12. The molecule has 1 N–H and O–H groups in total. The van der Waals surface area contributed by atoms with E-state index in [0.717, 1.165) is 0 Å². The van der Waals surface area contributed by atoms with Crippen molar-refractivity contribution in [3.05, 3.63) is 48.0 Å². The van der Waals surface area contributed by atoms with Gasteiger partial charge in [0.1, 0.15) is 12.1 Å². The van der Waals surface area contributed by atoms with Crippen LogP contribution in [0.2, 0.25) is 0 Å². The lowest BCUT2D eigenvalue weighted by Gasteiger charge is -2.14. The normalized spacial score (nSPS) is 11.2. The number of amides is 1. The molecule has 1 atom stereocenters. The fourth-order valence-corrected chi connectivity index (χ4v) is 1.71. The van der Waals surface area contributed by atoms with Gasteiger partial charge in [0.25, 0.3) is 0 Å². The first-order valence-corrected chi connectivity index (χ1v) is 5.89. The summed E-state index contributed by atoms with van der Waals surface area (Å²) in [4.78, 5) is 16.0. The molecular formula is C14H11N5O. The Balaban J connectivity index is 2.12. The summed E-state index contributed by atoms with van der Waals surface area (Å²) in [6.07, 6.45) is 3.06. The molecule has 0 fully saturated rings. The number of aromatic nitrogens is 2. The van der Waals surface area contributed by atoms with E-state index in [1.807, 2.05) is 12.1 Å². The third-order valence-electron chi connectivity index (χ3n) is 2.85. The molecule has 98 valence electrons. The Morgan fingerprint density at radius 2 is 2.00 bits per heavy atom. The zero-order valence-electron chi connectivity index (χ0n) is 10.7. The number of carbonyl (C=O) groups excluding carboxylic acids is 1. The maximum atomic E-state index is 12.1. The van der Waals surface area contributed by atoms with Gasteiger partial charge in [-0.15, -0.1) is 0 Å². The highest BCUT2D eigenvalue weighted by Gasteiger charge is 2.17. The molecule has 0 aliphatic carbocycles. The third kappa shape index (κ3) is 2.65. The maximum absolute atomic E-state index is 12.1. The van der Waals surface area contributed by atoms with Crippen molar-refractivity contribution in [2.75, 3.05) is 5.32 Å². The lowest BCUT2D eigenvalue weighted by atomic mass is 10.2. The van der Waals surface area contributed by atoms with Crippen molar-refractivity contribution in [1.82, 2.24) is 9.55 Å². The lowest BCUT2D eigenvalue weighted by Crippen LogP contribution is -2.24. The molecule has 6 heteroatoms. The summed E-state index contributed by atoms with van der Waals surface area (Å²) < 4.78 is 1.50. The number of nitrogens with zero attached hydrogens (tertiary/aromatic N) is 4. The number of benzene rings is 1. The minimum absolute atomic E-state index is 0.187. The predicted octanol–water partition coefficient (Wildman–Crippen LogP) is 1.83. The average molecular weight is 265 g/mol. The third-order valence-corrected chi connectivity index (χ3v) is 2.85. The van der Waals surface area contributed by atoms with Crippen molar-refractivity contribution >= 4 is 11.6 Å². The Hall–Kier alpha value is -3.12. The molecule has 0 saturated heterocycles. The largest absolute Gasteiger partial charge is 0.324 e. The highest BCUT2D eigenvalue weighted by molar-refractivity contribution is 5.93. The molecule has 6 nitrogen and oxygen atoms in total. The Kier molecular flexibility index (Phi) is 3.78. The van der Waals surface area contributed by atoms with Gasteiger partial charge >= 0.3 is 0 Å². The second-order valence-electron chi connectivity index (χ2n) is 4.12. The van der Waals surface area contributed by atoms with Gasteiger partial charge in [-0.05, 0) is 31.2 Å². The van der Waals surface area contributed by atoms with Crippen molar-refractivity contribution in [3.8, 4) is 12.1 Å². The Morgan fingerprint density at radius 1 is 1.30 bits per heavy atom. The second kappa shape index (κ2) is 5.68. The van der Waals surface area contributed by atoms with E-state index in [2.05, 4.69) is 10.3 Å². The fraction of sp³-hybridized carbons (Fsp3) is 0.143. The summed E-state index contributed by atoms with van der Waals surface area (Å²) in [6.45, 7) is 1.68. The van der Waals surface area contributed by atoms with E-state index >= 15 is 0 Å². The van der Waals surface area contributed by atoms with Crippen molar-refractivity contribution in [2.45, 2.75) is 13.0 Å². The Labute approximate surface area is 115 Å². The molecule has 2 rings (SSSR count). The molecule has 1 amide bonds.